The van der Waals surface area contributed by atoms with Crippen molar-refractivity contribution in [2.24, 2.45) is 11.5 Å². The summed E-state index contributed by atoms with van der Waals surface area (Å²) in [6.45, 7) is 0. The van der Waals surface area contributed by atoms with Gasteiger partial charge < -0.3 is 22.1 Å². The van der Waals surface area contributed by atoms with E-state index in [9.17, 15) is 27.2 Å². The van der Waals surface area contributed by atoms with Crippen molar-refractivity contribution in [3.05, 3.63) is 161 Å². The van der Waals surface area contributed by atoms with Crippen LogP contribution in [0.25, 0.3) is 28.0 Å². The minimum absolute atomic E-state index is 0.166. The molecule has 0 spiro atoms. The van der Waals surface area contributed by atoms with E-state index in [1.165, 1.54) is 23.3 Å². The van der Waals surface area contributed by atoms with Gasteiger partial charge in [0.15, 0.2) is 11.6 Å². The second-order valence-electron chi connectivity index (χ2n) is 12.7. The summed E-state index contributed by atoms with van der Waals surface area (Å²) in [4.78, 5) is 32.5. The average Bonchev–Trinajstić information content (AvgIpc) is 3.56. The van der Waals surface area contributed by atoms with Crippen molar-refractivity contribution < 1.29 is 27.2 Å². The third kappa shape index (κ3) is 7.89. The Kier molecular flexibility index (Phi) is 10.3. The van der Waals surface area contributed by atoms with Crippen molar-refractivity contribution in [2.75, 3.05) is 10.6 Å². The van der Waals surface area contributed by atoms with Gasteiger partial charge in [-0.05, 0) is 97.1 Å². The predicted molar refractivity (Wildman–Crippen MR) is 201 cm³/mol. The molecule has 1 atom stereocenters. The summed E-state index contributed by atoms with van der Waals surface area (Å²) in [6.07, 6.45) is 6.34. The number of pyridine rings is 1. The Labute approximate surface area is 311 Å². The number of hydrogen-bond donors (Lipinski definition) is 4. The highest BCUT2D eigenvalue weighted by atomic mass is 19.2. The lowest BCUT2D eigenvalue weighted by Gasteiger charge is -2.22. The standard InChI is InChI=1S/C34H27F2N7O.C7H5F2NO/c35-26-7-4-8-27(36)30(26)33(44)39-24-6-3-5-21(18-24)32-31(29-9-1-2-16-43(29)42-32)28-14-15-38-34(41-28)40-25-13-11-20-10-12-23(37)17-22(20)19-25;8-5-3-1-2-4(6(5)9)7(10)11/h1-9,11,13-16,18-19,23H,10,12,17,37H2,(H,39,44)(H,38,40,41);1-3H,(H2,10,11). The van der Waals surface area contributed by atoms with Gasteiger partial charge in [0.1, 0.15) is 22.9 Å². The van der Waals surface area contributed by atoms with E-state index in [-0.39, 0.29) is 6.04 Å². The van der Waals surface area contributed by atoms with E-state index in [4.69, 9.17) is 21.5 Å². The van der Waals surface area contributed by atoms with E-state index in [2.05, 4.69) is 27.8 Å². The summed E-state index contributed by atoms with van der Waals surface area (Å²) < 4.78 is 55.2. The largest absolute Gasteiger partial charge is 0.366 e. The number of aromatic nitrogens is 4. The van der Waals surface area contributed by atoms with Crippen molar-refractivity contribution in [1.29, 1.82) is 0 Å². The van der Waals surface area contributed by atoms with Gasteiger partial charge >= 0.3 is 0 Å². The average molecular weight is 745 g/mol. The lowest BCUT2D eigenvalue weighted by atomic mass is 9.88. The maximum atomic E-state index is 14.2. The zero-order valence-corrected chi connectivity index (χ0v) is 28.9. The molecule has 1 aliphatic carbocycles. The number of nitrogens with one attached hydrogen (secondary N) is 2. The number of primary amides is 1. The molecule has 0 radical (unpaired) electrons. The number of hydrogen-bond acceptors (Lipinski definition) is 7. The maximum Gasteiger partial charge on any atom is 0.261 e. The molecule has 0 aliphatic heterocycles. The Morgan fingerprint density at radius 2 is 1.56 bits per heavy atom. The fourth-order valence-electron chi connectivity index (χ4n) is 6.35. The first kappa shape index (κ1) is 36.4. The molecule has 1 unspecified atom stereocenters. The van der Waals surface area contributed by atoms with Crippen LogP contribution in [0.15, 0.2) is 116 Å². The topological polar surface area (TPSA) is 153 Å². The second-order valence-corrected chi connectivity index (χ2v) is 12.7. The molecule has 2 amide bonds. The van der Waals surface area contributed by atoms with E-state index in [0.29, 0.717) is 28.6 Å². The first-order chi connectivity index (χ1) is 26.5. The van der Waals surface area contributed by atoms with Crippen LogP contribution in [0.1, 0.15) is 38.3 Å². The highest BCUT2D eigenvalue weighted by Crippen LogP contribution is 2.36. The van der Waals surface area contributed by atoms with Crippen LogP contribution in [0.4, 0.5) is 34.9 Å². The van der Waals surface area contributed by atoms with Crippen molar-refractivity contribution >= 4 is 34.7 Å². The normalized spacial score (nSPS) is 13.4. The van der Waals surface area contributed by atoms with E-state index in [1.807, 2.05) is 42.6 Å². The maximum absolute atomic E-state index is 14.2. The zero-order chi connectivity index (χ0) is 38.6. The van der Waals surface area contributed by atoms with Crippen LogP contribution >= 0.6 is 0 Å². The molecule has 0 saturated carbocycles. The van der Waals surface area contributed by atoms with Crippen molar-refractivity contribution in [3.8, 4) is 22.5 Å². The highest BCUT2D eigenvalue weighted by Gasteiger charge is 2.21. The van der Waals surface area contributed by atoms with Gasteiger partial charge in [-0.1, -0.05) is 36.4 Å². The second kappa shape index (κ2) is 15.6. The van der Waals surface area contributed by atoms with Crippen LogP contribution in [0, 0.1) is 23.3 Å². The Hall–Kier alpha value is -6.93. The number of aryl methyl sites for hydroxylation is 1. The number of benzene rings is 4. The molecular formula is C41H32F4N8O2. The summed E-state index contributed by atoms with van der Waals surface area (Å²) in [6, 6.07) is 27.5. The minimum Gasteiger partial charge on any atom is -0.366 e. The first-order valence-corrected chi connectivity index (χ1v) is 17.1. The third-order valence-electron chi connectivity index (χ3n) is 8.98. The van der Waals surface area contributed by atoms with E-state index in [0.717, 1.165) is 60.3 Å². The summed E-state index contributed by atoms with van der Waals surface area (Å²) in [5, 5.41) is 10.8. The SMILES string of the molecule is NC(=O)c1cccc(F)c1F.NC1CCc2ccc(Nc3nccc(-c4c(-c5cccc(NC(=O)c6c(F)cccc6F)c5)nn5ccccc45)n3)cc2C1. The summed E-state index contributed by atoms with van der Waals surface area (Å²) in [5.41, 5.74) is 17.2. The van der Waals surface area contributed by atoms with Crippen LogP contribution in [0.3, 0.4) is 0 Å². The van der Waals surface area contributed by atoms with Gasteiger partial charge in [0.2, 0.25) is 5.95 Å². The van der Waals surface area contributed by atoms with Crippen LogP contribution in [-0.4, -0.2) is 37.4 Å². The smallest absolute Gasteiger partial charge is 0.261 e. The van der Waals surface area contributed by atoms with Crippen molar-refractivity contribution in [3.63, 3.8) is 0 Å². The summed E-state index contributed by atoms with van der Waals surface area (Å²) in [7, 11) is 0. The summed E-state index contributed by atoms with van der Waals surface area (Å²) in [5.74, 6) is -5.56. The van der Waals surface area contributed by atoms with Crippen LogP contribution in [-0.2, 0) is 12.8 Å². The Balaban J connectivity index is 0.000000366. The molecule has 8 rings (SSSR count). The fraction of sp³-hybridized carbons (Fsp3) is 0.0976. The number of carbonyl (C=O) groups excluding carboxylic acids is 2. The quantitative estimate of drug-likeness (QED) is 0.123. The summed E-state index contributed by atoms with van der Waals surface area (Å²) >= 11 is 0. The van der Waals surface area contributed by atoms with Crippen LogP contribution in [0.2, 0.25) is 0 Å². The number of amides is 2. The molecule has 6 N–H and O–H groups in total. The molecular weight excluding hydrogens is 712 g/mol. The van der Waals surface area contributed by atoms with Crippen LogP contribution in [0.5, 0.6) is 0 Å². The Morgan fingerprint density at radius 1 is 0.800 bits per heavy atom. The Morgan fingerprint density at radius 3 is 2.35 bits per heavy atom. The predicted octanol–water partition coefficient (Wildman–Crippen LogP) is 7.61. The number of halogens is 4. The molecule has 1 aliphatic rings. The molecule has 0 fully saturated rings. The molecule has 0 bridgehead atoms. The van der Waals surface area contributed by atoms with Gasteiger partial charge in [-0.15, -0.1) is 0 Å². The number of carbonyl (C=O) groups is 2. The van der Waals surface area contributed by atoms with Gasteiger partial charge in [0, 0.05) is 35.4 Å². The molecule has 7 aromatic rings. The lowest BCUT2D eigenvalue weighted by Crippen LogP contribution is -2.27. The zero-order valence-electron chi connectivity index (χ0n) is 28.9. The van der Waals surface area contributed by atoms with Gasteiger partial charge in [-0.2, -0.15) is 5.10 Å². The molecule has 55 heavy (non-hydrogen) atoms. The number of fused-ring (bicyclic) bond motifs is 2. The first-order valence-electron chi connectivity index (χ1n) is 17.1. The van der Waals surface area contributed by atoms with Crippen LogP contribution < -0.4 is 22.1 Å². The number of anilines is 3. The molecule has 14 heteroatoms. The molecule has 10 nitrogen and oxygen atoms in total. The van der Waals surface area contributed by atoms with Gasteiger partial charge in [-0.25, -0.2) is 32.0 Å². The van der Waals surface area contributed by atoms with Crippen molar-refractivity contribution in [2.45, 2.75) is 25.3 Å². The number of nitrogens with zero attached hydrogens (tertiary/aromatic N) is 4. The fourth-order valence-corrected chi connectivity index (χ4v) is 6.35. The molecule has 276 valence electrons. The molecule has 0 saturated heterocycles. The lowest BCUT2D eigenvalue weighted by molar-refractivity contribution is 0.0992. The minimum atomic E-state index is -1.19. The van der Waals surface area contributed by atoms with Gasteiger partial charge in [-0.3, -0.25) is 9.59 Å². The number of nitrogens with two attached hydrogens (primary N) is 2. The van der Waals surface area contributed by atoms with E-state index < -0.39 is 46.2 Å². The third-order valence-corrected chi connectivity index (χ3v) is 8.98. The molecule has 3 heterocycles. The number of rotatable bonds is 7. The van der Waals surface area contributed by atoms with Gasteiger partial charge in [0.05, 0.1) is 22.3 Å². The Bertz CT molecular complexity index is 2560. The van der Waals surface area contributed by atoms with E-state index >= 15 is 0 Å². The monoisotopic (exact) mass is 744 g/mol. The molecule has 4 aromatic carbocycles. The molecule has 3 aromatic heterocycles. The van der Waals surface area contributed by atoms with Crippen molar-refractivity contribution in [1.82, 2.24) is 19.6 Å². The highest BCUT2D eigenvalue weighted by molar-refractivity contribution is 6.05. The van der Waals surface area contributed by atoms with Gasteiger partial charge in [0.25, 0.3) is 11.8 Å². The van der Waals surface area contributed by atoms with E-state index in [1.54, 1.807) is 28.9 Å².